The summed E-state index contributed by atoms with van der Waals surface area (Å²) in [5, 5.41) is 6.43. The third-order valence-corrected chi connectivity index (χ3v) is 7.25. The predicted octanol–water partition coefficient (Wildman–Crippen LogP) is 5.87. The van der Waals surface area contributed by atoms with E-state index < -0.39 is 5.97 Å². The smallest absolute Gasteiger partial charge is 0.341 e. The summed E-state index contributed by atoms with van der Waals surface area (Å²) in [7, 11) is 1.36. The lowest BCUT2D eigenvalue weighted by atomic mass is 10.1. The number of methoxy groups -OCH3 is 1. The van der Waals surface area contributed by atoms with Crippen molar-refractivity contribution in [2.45, 2.75) is 51.9 Å². The first kappa shape index (κ1) is 24.7. The molecule has 0 unspecified atom stereocenters. The number of halogens is 1. The lowest BCUT2D eigenvalue weighted by Crippen LogP contribution is -2.34. The van der Waals surface area contributed by atoms with Crippen LogP contribution in [0.3, 0.4) is 0 Å². The Labute approximate surface area is 206 Å². The molecule has 32 heavy (non-hydrogen) atoms. The number of hydrogen-bond donors (Lipinski definition) is 2. The van der Waals surface area contributed by atoms with Crippen molar-refractivity contribution in [1.29, 1.82) is 0 Å². The van der Waals surface area contributed by atoms with Crippen LogP contribution in [0.1, 0.15) is 70.2 Å². The molecule has 0 spiro atoms. The van der Waals surface area contributed by atoms with Gasteiger partial charge >= 0.3 is 5.97 Å². The van der Waals surface area contributed by atoms with Crippen LogP contribution in [-0.4, -0.2) is 30.7 Å². The monoisotopic (exact) mass is 538 g/mol. The maximum atomic E-state index is 12.7. The molecule has 1 aliphatic rings. The summed E-state index contributed by atoms with van der Waals surface area (Å²) in [5.41, 5.74) is 1.98. The van der Waals surface area contributed by atoms with Crippen molar-refractivity contribution in [1.82, 2.24) is 5.32 Å². The summed E-state index contributed by atoms with van der Waals surface area (Å²) in [6.07, 6.45) is 7.34. The zero-order valence-electron chi connectivity index (χ0n) is 18.2. The molecule has 2 aromatic rings. The second-order valence-corrected chi connectivity index (χ2v) is 9.88. The number of hydrogen-bond acceptors (Lipinski definition) is 6. The number of rotatable bonds is 9. The van der Waals surface area contributed by atoms with Crippen molar-refractivity contribution in [2.24, 2.45) is 0 Å². The normalized spacial score (nSPS) is 12.2. The van der Waals surface area contributed by atoms with Gasteiger partial charge in [-0.05, 0) is 77.6 Å². The molecule has 1 heterocycles. The van der Waals surface area contributed by atoms with Crippen LogP contribution in [-0.2, 0) is 17.6 Å². The van der Waals surface area contributed by atoms with Crippen LogP contribution in [0.15, 0.2) is 22.7 Å². The predicted molar refractivity (Wildman–Crippen MR) is 135 cm³/mol. The fraction of sp³-hybridized carbons (Fsp3) is 0.435. The number of fused-ring (bicyclic) bond motifs is 1. The van der Waals surface area contributed by atoms with E-state index in [1.807, 2.05) is 0 Å². The number of aryl methyl sites for hydroxylation is 1. The standard InChI is InChI=1S/C23H27BrN2O4S2/c1-3-4-5-6-12-30-17-11-10-14(13-16(17)24)20(27)25-23(31)26-21-19(22(28)29-2)15-8-7-9-18(15)32-21/h10-11,13H,3-9,12H2,1-2H3,(H2,25,26,27,31). The van der Waals surface area contributed by atoms with Crippen molar-refractivity contribution >= 4 is 61.5 Å². The van der Waals surface area contributed by atoms with Gasteiger partial charge in [0.15, 0.2) is 5.11 Å². The molecule has 2 N–H and O–H groups in total. The average Bonchev–Trinajstić information content (AvgIpc) is 3.34. The third kappa shape index (κ3) is 6.08. The van der Waals surface area contributed by atoms with Crippen LogP contribution < -0.4 is 15.4 Å². The second kappa shape index (κ2) is 11.8. The second-order valence-electron chi connectivity index (χ2n) is 7.52. The van der Waals surface area contributed by atoms with E-state index in [1.54, 1.807) is 18.2 Å². The molecule has 1 aromatic carbocycles. The van der Waals surface area contributed by atoms with E-state index in [2.05, 4.69) is 33.5 Å². The molecule has 0 atom stereocenters. The Morgan fingerprint density at radius 3 is 2.75 bits per heavy atom. The lowest BCUT2D eigenvalue weighted by Gasteiger charge is -2.12. The average molecular weight is 540 g/mol. The SMILES string of the molecule is CCCCCCOc1ccc(C(=O)NC(=S)Nc2sc3c(c2C(=O)OC)CCC3)cc1Br. The van der Waals surface area contributed by atoms with Crippen LogP contribution in [0.5, 0.6) is 5.75 Å². The first-order valence-electron chi connectivity index (χ1n) is 10.7. The van der Waals surface area contributed by atoms with Crippen LogP contribution in [0, 0.1) is 0 Å². The van der Waals surface area contributed by atoms with Gasteiger partial charge in [-0.25, -0.2) is 4.79 Å². The van der Waals surface area contributed by atoms with Crippen molar-refractivity contribution < 1.29 is 19.1 Å². The largest absolute Gasteiger partial charge is 0.492 e. The van der Waals surface area contributed by atoms with Crippen molar-refractivity contribution in [2.75, 3.05) is 19.0 Å². The molecule has 0 aliphatic heterocycles. The molecule has 1 aromatic heterocycles. The van der Waals surface area contributed by atoms with E-state index >= 15 is 0 Å². The summed E-state index contributed by atoms with van der Waals surface area (Å²) in [4.78, 5) is 26.1. The minimum Gasteiger partial charge on any atom is -0.492 e. The van der Waals surface area contributed by atoms with Crippen LogP contribution in [0.4, 0.5) is 5.00 Å². The van der Waals surface area contributed by atoms with Crippen molar-refractivity contribution in [3.05, 3.63) is 44.2 Å². The quantitative estimate of drug-likeness (QED) is 0.236. The number of amides is 1. The summed E-state index contributed by atoms with van der Waals surface area (Å²) in [5.74, 6) is -0.0359. The number of esters is 1. The van der Waals surface area contributed by atoms with Gasteiger partial charge in [0.25, 0.3) is 5.91 Å². The van der Waals surface area contributed by atoms with Crippen LogP contribution >= 0.6 is 39.5 Å². The Kier molecular flexibility index (Phi) is 9.07. The van der Waals surface area contributed by atoms with Gasteiger partial charge in [0, 0.05) is 10.4 Å². The maximum absolute atomic E-state index is 12.7. The molecule has 0 radical (unpaired) electrons. The minimum atomic E-state index is -0.393. The van der Waals surface area contributed by atoms with Crippen molar-refractivity contribution in [3.63, 3.8) is 0 Å². The minimum absolute atomic E-state index is 0.132. The van der Waals surface area contributed by atoms with E-state index in [-0.39, 0.29) is 11.0 Å². The molecular formula is C23H27BrN2O4S2. The molecular weight excluding hydrogens is 512 g/mol. The molecule has 172 valence electrons. The number of carbonyl (C=O) groups is 2. The van der Waals surface area contributed by atoms with Crippen LogP contribution in [0.25, 0.3) is 0 Å². The number of thiocarbonyl (C=S) groups is 1. The molecule has 1 amide bonds. The molecule has 6 nitrogen and oxygen atoms in total. The van der Waals surface area contributed by atoms with E-state index in [0.29, 0.717) is 33.0 Å². The van der Waals surface area contributed by atoms with Gasteiger partial charge in [-0.2, -0.15) is 0 Å². The Morgan fingerprint density at radius 2 is 2.03 bits per heavy atom. The summed E-state index contributed by atoms with van der Waals surface area (Å²) < 4.78 is 11.4. The first-order chi connectivity index (χ1) is 15.4. The molecule has 0 saturated heterocycles. The van der Waals surface area contributed by atoms with E-state index in [9.17, 15) is 9.59 Å². The van der Waals surface area contributed by atoms with Gasteiger partial charge in [-0.15, -0.1) is 11.3 Å². The molecule has 0 saturated carbocycles. The molecule has 0 bridgehead atoms. The summed E-state index contributed by atoms with van der Waals surface area (Å²) >= 11 is 10.3. The van der Waals surface area contributed by atoms with Crippen LogP contribution in [0.2, 0.25) is 0 Å². The lowest BCUT2D eigenvalue weighted by molar-refractivity contribution is 0.0601. The van der Waals surface area contributed by atoms with E-state index in [0.717, 1.165) is 42.5 Å². The molecule has 9 heteroatoms. The molecule has 0 fully saturated rings. The zero-order chi connectivity index (χ0) is 23.1. The first-order valence-corrected chi connectivity index (χ1v) is 12.7. The number of nitrogens with one attached hydrogen (secondary N) is 2. The van der Waals surface area contributed by atoms with Gasteiger partial charge in [0.05, 0.1) is 23.8 Å². The number of carbonyl (C=O) groups excluding carboxylic acids is 2. The summed E-state index contributed by atoms with van der Waals surface area (Å²) in [6, 6.07) is 5.18. The molecule has 1 aliphatic carbocycles. The van der Waals surface area contributed by atoms with Gasteiger partial charge < -0.3 is 14.8 Å². The third-order valence-electron chi connectivity index (χ3n) is 5.21. The number of benzene rings is 1. The van der Waals surface area contributed by atoms with Gasteiger partial charge in [-0.1, -0.05) is 26.2 Å². The summed E-state index contributed by atoms with van der Waals surface area (Å²) in [6.45, 7) is 2.82. The molecule has 3 rings (SSSR count). The van der Waals surface area contributed by atoms with Gasteiger partial charge in [0.2, 0.25) is 0 Å². The highest BCUT2D eigenvalue weighted by molar-refractivity contribution is 9.10. The highest BCUT2D eigenvalue weighted by Gasteiger charge is 2.27. The highest BCUT2D eigenvalue weighted by atomic mass is 79.9. The number of ether oxygens (including phenoxy) is 2. The Bertz CT molecular complexity index is 1010. The van der Waals surface area contributed by atoms with E-state index in [1.165, 1.54) is 31.3 Å². The fourth-order valence-electron chi connectivity index (χ4n) is 3.59. The Hall–Kier alpha value is -1.97. The topological polar surface area (TPSA) is 76.7 Å². The maximum Gasteiger partial charge on any atom is 0.341 e. The van der Waals surface area contributed by atoms with Gasteiger partial charge in [0.1, 0.15) is 10.8 Å². The van der Waals surface area contributed by atoms with Gasteiger partial charge in [-0.3, -0.25) is 10.1 Å². The highest BCUT2D eigenvalue weighted by Crippen LogP contribution is 2.39. The number of thiophene rings is 1. The zero-order valence-corrected chi connectivity index (χ0v) is 21.4. The number of anilines is 1. The number of unbranched alkanes of at least 4 members (excludes halogenated alkanes) is 3. The van der Waals surface area contributed by atoms with E-state index in [4.69, 9.17) is 21.7 Å². The Morgan fingerprint density at radius 1 is 1.22 bits per heavy atom. The Balaban J connectivity index is 1.60. The van der Waals surface area contributed by atoms with Crippen molar-refractivity contribution in [3.8, 4) is 5.75 Å². The fourth-order valence-corrected chi connectivity index (χ4v) is 5.62.